The van der Waals surface area contributed by atoms with Gasteiger partial charge < -0.3 is 14.2 Å². The Morgan fingerprint density at radius 2 is 0.733 bits per heavy atom. The van der Waals surface area contributed by atoms with Crippen LogP contribution in [-0.4, -0.2) is 37.2 Å². The van der Waals surface area contributed by atoms with Crippen molar-refractivity contribution in [1.82, 2.24) is 0 Å². The Morgan fingerprint density at radius 3 is 1.27 bits per heavy atom. The van der Waals surface area contributed by atoms with Gasteiger partial charge in [0.05, 0.1) is 0 Å². The maximum absolute atomic E-state index is 12.7. The van der Waals surface area contributed by atoms with E-state index in [0.29, 0.717) is 19.3 Å². The van der Waals surface area contributed by atoms with Gasteiger partial charge >= 0.3 is 17.9 Å². The molecular weight excluding hydrogens is 745 g/mol. The molecule has 0 aliphatic heterocycles. The highest BCUT2D eigenvalue weighted by Gasteiger charge is 2.19. The van der Waals surface area contributed by atoms with Crippen LogP contribution in [-0.2, 0) is 28.6 Å². The third-order valence-corrected chi connectivity index (χ3v) is 9.58. The third-order valence-electron chi connectivity index (χ3n) is 9.58. The predicted molar refractivity (Wildman–Crippen MR) is 256 cm³/mol. The molecule has 6 nitrogen and oxygen atoms in total. The average Bonchev–Trinajstić information content (AvgIpc) is 3.24. The average molecular weight is 831 g/mol. The number of rotatable bonds is 41. The van der Waals surface area contributed by atoms with Gasteiger partial charge in [-0.05, 0) is 103 Å². The molecule has 0 saturated heterocycles. The molecule has 6 heteroatoms. The van der Waals surface area contributed by atoms with Crippen molar-refractivity contribution in [2.75, 3.05) is 13.2 Å². The second kappa shape index (κ2) is 47.7. The van der Waals surface area contributed by atoms with Gasteiger partial charge in [0.2, 0.25) is 0 Å². The minimum atomic E-state index is -0.824. The molecule has 0 fully saturated rings. The van der Waals surface area contributed by atoms with Crippen molar-refractivity contribution in [3.8, 4) is 0 Å². The van der Waals surface area contributed by atoms with Gasteiger partial charge in [-0.3, -0.25) is 14.4 Å². The highest BCUT2D eigenvalue weighted by atomic mass is 16.6. The molecule has 1 atom stereocenters. The zero-order valence-electron chi connectivity index (χ0n) is 38.4. The lowest BCUT2D eigenvalue weighted by molar-refractivity contribution is -0.167. The van der Waals surface area contributed by atoms with Crippen LogP contribution >= 0.6 is 0 Å². The van der Waals surface area contributed by atoms with Crippen molar-refractivity contribution >= 4 is 17.9 Å². The Hall–Kier alpha value is -3.93. The summed E-state index contributed by atoms with van der Waals surface area (Å²) in [7, 11) is 0. The molecule has 0 amide bonds. The Balaban J connectivity index is 4.56. The van der Waals surface area contributed by atoms with Gasteiger partial charge in [0.15, 0.2) is 6.10 Å². The number of hydrogen-bond acceptors (Lipinski definition) is 6. The van der Waals surface area contributed by atoms with E-state index in [-0.39, 0.29) is 44.0 Å². The van der Waals surface area contributed by atoms with E-state index in [2.05, 4.69) is 93.7 Å². The molecule has 0 N–H and O–H groups in total. The molecule has 0 aliphatic rings. The van der Waals surface area contributed by atoms with Gasteiger partial charge in [-0.1, -0.05) is 182 Å². The van der Waals surface area contributed by atoms with Crippen molar-refractivity contribution in [2.45, 2.75) is 200 Å². The van der Waals surface area contributed by atoms with Gasteiger partial charge in [-0.25, -0.2) is 0 Å². The van der Waals surface area contributed by atoms with Gasteiger partial charge in [0.25, 0.3) is 0 Å². The van der Waals surface area contributed by atoms with Crippen LogP contribution in [0.25, 0.3) is 0 Å². The topological polar surface area (TPSA) is 78.9 Å². The SMILES string of the molecule is CC\C=C/C=C\C=C/C=C\CCCCCC(=O)OC(COC(=O)CCC/C=C\C/C=C\C/C=C\C/C=C\CCCCC)COC(=O)CCCCCCC/C=C\CCCCC. The van der Waals surface area contributed by atoms with Crippen LogP contribution in [0.2, 0.25) is 0 Å². The van der Waals surface area contributed by atoms with Crippen LogP contribution in [0.4, 0.5) is 0 Å². The third kappa shape index (κ3) is 45.2. The normalized spacial score (nSPS) is 13.1. The smallest absolute Gasteiger partial charge is 0.306 e. The van der Waals surface area contributed by atoms with Crippen molar-refractivity contribution in [2.24, 2.45) is 0 Å². The van der Waals surface area contributed by atoms with E-state index in [0.717, 1.165) is 83.5 Å². The number of hydrogen-bond donors (Lipinski definition) is 0. The number of carbonyl (C=O) groups excluding carboxylic acids is 3. The summed E-state index contributed by atoms with van der Waals surface area (Å²) >= 11 is 0. The van der Waals surface area contributed by atoms with Gasteiger partial charge in [0, 0.05) is 19.3 Å². The van der Waals surface area contributed by atoms with Gasteiger partial charge in [-0.15, -0.1) is 0 Å². The fraction of sp³-hybridized carbons (Fsp3) is 0.611. The molecule has 338 valence electrons. The van der Waals surface area contributed by atoms with Crippen LogP contribution in [0.3, 0.4) is 0 Å². The number of unbranched alkanes of at least 4 members (excludes halogenated alkanes) is 15. The van der Waals surface area contributed by atoms with E-state index in [9.17, 15) is 14.4 Å². The lowest BCUT2D eigenvalue weighted by Crippen LogP contribution is -2.30. The number of ether oxygens (including phenoxy) is 3. The highest BCUT2D eigenvalue weighted by molar-refractivity contribution is 5.71. The van der Waals surface area contributed by atoms with Crippen LogP contribution in [0.1, 0.15) is 194 Å². The molecule has 0 aromatic rings. The van der Waals surface area contributed by atoms with Crippen molar-refractivity contribution in [3.63, 3.8) is 0 Å². The first-order chi connectivity index (χ1) is 29.5. The van der Waals surface area contributed by atoms with E-state index >= 15 is 0 Å². The molecular formula is C54H86O6. The predicted octanol–water partition coefficient (Wildman–Crippen LogP) is 15.6. The van der Waals surface area contributed by atoms with E-state index in [1.54, 1.807) is 0 Å². The van der Waals surface area contributed by atoms with E-state index in [4.69, 9.17) is 14.2 Å². The maximum Gasteiger partial charge on any atom is 0.306 e. The maximum atomic E-state index is 12.7. The molecule has 0 saturated carbocycles. The second-order valence-corrected chi connectivity index (χ2v) is 15.4. The van der Waals surface area contributed by atoms with E-state index in [1.165, 1.54) is 57.8 Å². The fourth-order valence-electron chi connectivity index (χ4n) is 5.97. The summed E-state index contributed by atoms with van der Waals surface area (Å²) in [6.45, 7) is 6.32. The monoisotopic (exact) mass is 831 g/mol. The summed E-state index contributed by atoms with van der Waals surface area (Å²) in [6.07, 6.45) is 63.6. The molecule has 1 unspecified atom stereocenters. The van der Waals surface area contributed by atoms with Crippen LogP contribution < -0.4 is 0 Å². The van der Waals surface area contributed by atoms with E-state index < -0.39 is 6.10 Å². The first-order valence-electron chi connectivity index (χ1n) is 23.9. The lowest BCUT2D eigenvalue weighted by atomic mass is 10.1. The zero-order valence-corrected chi connectivity index (χ0v) is 38.4. The number of esters is 3. The summed E-state index contributed by atoms with van der Waals surface area (Å²) in [5, 5.41) is 0. The molecule has 0 aliphatic carbocycles. The van der Waals surface area contributed by atoms with E-state index in [1.807, 2.05) is 36.5 Å². The largest absolute Gasteiger partial charge is 0.462 e. The van der Waals surface area contributed by atoms with Crippen molar-refractivity contribution in [1.29, 1.82) is 0 Å². The summed E-state index contributed by atoms with van der Waals surface area (Å²) in [4.78, 5) is 37.8. The van der Waals surface area contributed by atoms with Gasteiger partial charge in [0.1, 0.15) is 13.2 Å². The zero-order chi connectivity index (χ0) is 43.7. The minimum absolute atomic E-state index is 0.118. The number of carbonyl (C=O) groups is 3. The van der Waals surface area contributed by atoms with Crippen LogP contribution in [0.15, 0.2) is 109 Å². The highest BCUT2D eigenvalue weighted by Crippen LogP contribution is 2.11. The number of allylic oxidation sites excluding steroid dienone is 18. The van der Waals surface area contributed by atoms with Crippen LogP contribution in [0.5, 0.6) is 0 Å². The summed E-state index contributed by atoms with van der Waals surface area (Å²) < 4.78 is 16.6. The quantitative estimate of drug-likeness (QED) is 0.0201. The standard InChI is InChI=1S/C54H86O6/c1-4-7-10-13-16-19-22-25-26-27-28-30-32-35-38-41-44-47-53(56)59-50-51(49-58-52(55)46-43-40-37-34-31-24-21-18-15-12-9-6-3)60-54(57)48-45-42-39-36-33-29-23-20-17-14-11-8-5-2/h8,11,14,16-21,23,25-26,28-30,33,35,38,51H,4-7,9-10,12-13,15,22,24,27,31-32,34,36-37,39-50H2,1-3H3/b11-8-,17-14-,19-16-,21-18-,23-20-,26-25-,30-28-,33-29-,38-35-. The first kappa shape index (κ1) is 56.1. The van der Waals surface area contributed by atoms with Gasteiger partial charge in [-0.2, -0.15) is 0 Å². The summed E-state index contributed by atoms with van der Waals surface area (Å²) in [5.41, 5.74) is 0. The fourth-order valence-corrected chi connectivity index (χ4v) is 5.97. The molecule has 0 radical (unpaired) electrons. The molecule has 0 spiro atoms. The Kier molecular flexibility index (Phi) is 44.6. The second-order valence-electron chi connectivity index (χ2n) is 15.4. The molecule has 0 rings (SSSR count). The Labute approximate surface area is 368 Å². The molecule has 0 aromatic heterocycles. The van der Waals surface area contributed by atoms with Crippen molar-refractivity contribution in [3.05, 3.63) is 109 Å². The molecule has 60 heavy (non-hydrogen) atoms. The Morgan fingerprint density at radius 1 is 0.367 bits per heavy atom. The Bertz CT molecular complexity index is 1280. The van der Waals surface area contributed by atoms with Crippen LogP contribution in [0, 0.1) is 0 Å². The minimum Gasteiger partial charge on any atom is -0.462 e. The molecule has 0 bridgehead atoms. The lowest BCUT2D eigenvalue weighted by Gasteiger charge is -2.18. The summed E-state index contributed by atoms with van der Waals surface area (Å²) in [6, 6.07) is 0. The first-order valence-corrected chi connectivity index (χ1v) is 23.9. The van der Waals surface area contributed by atoms with Crippen molar-refractivity contribution < 1.29 is 28.6 Å². The molecule has 0 heterocycles. The molecule has 0 aromatic carbocycles. The summed E-state index contributed by atoms with van der Waals surface area (Å²) in [5.74, 6) is -1.04.